The normalized spacial score (nSPS) is 11.2. The van der Waals surface area contributed by atoms with Gasteiger partial charge in [0.2, 0.25) is 0 Å². The van der Waals surface area contributed by atoms with Gasteiger partial charge in [-0.25, -0.2) is 0 Å². The highest BCUT2D eigenvalue weighted by molar-refractivity contribution is 6.30. The third kappa shape index (κ3) is 4.95. The van der Waals surface area contributed by atoms with Crippen molar-refractivity contribution in [1.82, 2.24) is 15.0 Å². The first-order chi connectivity index (χ1) is 17.9. The largest absolute Gasteiger partial charge is 0.451 e. The molecular formula is C29H28ClN5O2. The van der Waals surface area contributed by atoms with Crippen LogP contribution in [-0.2, 0) is 0 Å². The van der Waals surface area contributed by atoms with Crippen molar-refractivity contribution < 1.29 is 9.21 Å². The van der Waals surface area contributed by atoms with Gasteiger partial charge in [-0.1, -0.05) is 11.6 Å². The van der Waals surface area contributed by atoms with Gasteiger partial charge in [-0.15, -0.1) is 10.2 Å². The molecule has 1 amide bonds. The molecule has 5 rings (SSSR count). The number of nitrogens with zero attached hydrogens (tertiary/aromatic N) is 4. The van der Waals surface area contributed by atoms with Gasteiger partial charge in [0.25, 0.3) is 5.91 Å². The number of carbonyl (C=O) groups excluding carboxylic acids is 1. The maximum Gasteiger partial charge on any atom is 0.291 e. The summed E-state index contributed by atoms with van der Waals surface area (Å²) < 4.78 is 5.80. The SMILES string of the molecule is CCN(CC)c1ccc(-n2nc3cc(C)c(NC(=O)c4ccc(-c5ccc(Cl)cc5)o4)cc3n2)c(C)c1. The Balaban J connectivity index is 1.39. The minimum absolute atomic E-state index is 0.219. The number of hydrogen-bond acceptors (Lipinski definition) is 5. The van der Waals surface area contributed by atoms with Crippen molar-refractivity contribution in [3.8, 4) is 17.0 Å². The Kier molecular flexibility index (Phi) is 6.72. The van der Waals surface area contributed by atoms with Crippen molar-refractivity contribution in [2.24, 2.45) is 0 Å². The number of aromatic nitrogens is 3. The molecule has 0 saturated carbocycles. The Labute approximate surface area is 220 Å². The summed E-state index contributed by atoms with van der Waals surface area (Å²) >= 11 is 5.97. The van der Waals surface area contributed by atoms with Crippen LogP contribution in [-0.4, -0.2) is 34.0 Å². The van der Waals surface area contributed by atoms with E-state index in [-0.39, 0.29) is 11.7 Å². The van der Waals surface area contributed by atoms with Crippen LogP contribution >= 0.6 is 11.6 Å². The van der Waals surface area contributed by atoms with E-state index in [0.717, 1.165) is 41.0 Å². The van der Waals surface area contributed by atoms with Crippen LogP contribution < -0.4 is 10.2 Å². The highest BCUT2D eigenvalue weighted by Gasteiger charge is 2.16. The van der Waals surface area contributed by atoms with Crippen molar-refractivity contribution in [1.29, 1.82) is 0 Å². The Morgan fingerprint density at radius 1 is 0.919 bits per heavy atom. The quantitative estimate of drug-likeness (QED) is 0.252. The first-order valence-electron chi connectivity index (χ1n) is 12.3. The number of anilines is 2. The molecule has 0 saturated heterocycles. The number of aryl methyl sites for hydroxylation is 2. The minimum atomic E-state index is -0.335. The molecule has 1 N–H and O–H groups in total. The monoisotopic (exact) mass is 513 g/mol. The topological polar surface area (TPSA) is 76.2 Å². The molecule has 0 radical (unpaired) electrons. The molecule has 8 heteroatoms. The van der Waals surface area contributed by atoms with E-state index in [1.54, 1.807) is 29.1 Å². The van der Waals surface area contributed by atoms with Crippen LogP contribution in [0.1, 0.15) is 35.5 Å². The molecule has 0 unspecified atom stereocenters. The van der Waals surface area contributed by atoms with Gasteiger partial charge in [0.15, 0.2) is 5.76 Å². The third-order valence-corrected chi connectivity index (χ3v) is 6.71. The molecule has 0 aliphatic carbocycles. The fourth-order valence-electron chi connectivity index (χ4n) is 4.37. The lowest BCUT2D eigenvalue weighted by Gasteiger charge is -2.22. The lowest BCUT2D eigenvalue weighted by molar-refractivity contribution is 0.0997. The molecule has 2 aromatic heterocycles. The van der Waals surface area contributed by atoms with Gasteiger partial charge in [0.1, 0.15) is 16.8 Å². The van der Waals surface area contributed by atoms with E-state index in [9.17, 15) is 4.79 Å². The number of hydrogen-bond donors (Lipinski definition) is 1. The molecular weight excluding hydrogens is 486 g/mol. The number of rotatable bonds is 7. The van der Waals surface area contributed by atoms with Crippen LogP contribution in [0.3, 0.4) is 0 Å². The van der Waals surface area contributed by atoms with Crippen molar-refractivity contribution >= 4 is 39.9 Å². The van der Waals surface area contributed by atoms with Gasteiger partial charge in [-0.2, -0.15) is 4.80 Å². The fourth-order valence-corrected chi connectivity index (χ4v) is 4.50. The van der Waals surface area contributed by atoms with E-state index in [1.165, 1.54) is 5.69 Å². The summed E-state index contributed by atoms with van der Waals surface area (Å²) in [6, 6.07) is 20.8. The smallest absolute Gasteiger partial charge is 0.291 e. The second-order valence-corrected chi connectivity index (χ2v) is 9.35. The fraction of sp³-hybridized carbons (Fsp3) is 0.207. The molecule has 37 heavy (non-hydrogen) atoms. The summed E-state index contributed by atoms with van der Waals surface area (Å²) in [4.78, 5) is 16.9. The number of fused-ring (bicyclic) bond motifs is 1. The Bertz CT molecular complexity index is 1580. The van der Waals surface area contributed by atoms with E-state index >= 15 is 0 Å². The standard InChI is InChI=1S/C29H28ClN5O2/c1-5-34(6-2)22-11-12-26(19(4)15-22)35-32-24-16-18(3)23(17-25(24)33-35)31-29(36)28-14-13-27(37-28)20-7-9-21(30)10-8-20/h7-17H,5-6H2,1-4H3,(H,31,36). The number of halogens is 1. The molecule has 0 bridgehead atoms. The van der Waals surface area contributed by atoms with Crippen molar-refractivity contribution in [3.63, 3.8) is 0 Å². The number of nitrogens with one attached hydrogen (secondary N) is 1. The van der Waals surface area contributed by atoms with Gasteiger partial charge in [0.05, 0.1) is 5.69 Å². The van der Waals surface area contributed by atoms with Crippen molar-refractivity contribution in [3.05, 3.63) is 88.6 Å². The van der Waals surface area contributed by atoms with Crippen molar-refractivity contribution in [2.45, 2.75) is 27.7 Å². The van der Waals surface area contributed by atoms with Gasteiger partial charge >= 0.3 is 0 Å². The highest BCUT2D eigenvalue weighted by atomic mass is 35.5. The summed E-state index contributed by atoms with van der Waals surface area (Å²) in [6.07, 6.45) is 0. The van der Waals surface area contributed by atoms with Gasteiger partial charge in [-0.05, 0) is 106 Å². The number of furan rings is 1. The predicted molar refractivity (Wildman–Crippen MR) is 149 cm³/mol. The van der Waals surface area contributed by atoms with Crippen molar-refractivity contribution in [2.75, 3.05) is 23.3 Å². The van der Waals surface area contributed by atoms with Gasteiger partial charge in [0, 0.05) is 35.1 Å². The molecule has 3 aromatic carbocycles. The van der Waals surface area contributed by atoms with E-state index in [1.807, 2.05) is 37.3 Å². The Hall–Kier alpha value is -4.10. The average Bonchev–Trinajstić information content (AvgIpc) is 3.53. The maximum atomic E-state index is 12.9. The molecule has 2 heterocycles. The van der Waals surface area contributed by atoms with Crippen LogP contribution in [0.4, 0.5) is 11.4 Å². The van der Waals surface area contributed by atoms with Crippen LogP contribution in [0.5, 0.6) is 0 Å². The van der Waals surface area contributed by atoms with Crippen LogP contribution in [0.25, 0.3) is 28.0 Å². The Morgan fingerprint density at radius 2 is 1.62 bits per heavy atom. The van der Waals surface area contributed by atoms with Gasteiger partial charge in [-0.3, -0.25) is 4.79 Å². The molecule has 0 fully saturated rings. The zero-order chi connectivity index (χ0) is 26.1. The van der Waals surface area contributed by atoms with Crippen LogP contribution in [0.2, 0.25) is 5.02 Å². The van der Waals surface area contributed by atoms with E-state index in [2.05, 4.69) is 43.1 Å². The van der Waals surface area contributed by atoms with Crippen LogP contribution in [0, 0.1) is 13.8 Å². The first kappa shape index (κ1) is 24.6. The number of benzene rings is 3. The summed E-state index contributed by atoms with van der Waals surface area (Å²) in [5.74, 6) is 0.481. The Morgan fingerprint density at radius 3 is 2.30 bits per heavy atom. The number of carbonyl (C=O) groups is 1. The molecule has 188 valence electrons. The number of amides is 1. The second kappa shape index (κ2) is 10.1. The molecule has 0 atom stereocenters. The molecule has 5 aromatic rings. The maximum absolute atomic E-state index is 12.9. The predicted octanol–water partition coefficient (Wildman–Crippen LogP) is 7.05. The lowest BCUT2D eigenvalue weighted by atomic mass is 10.1. The lowest BCUT2D eigenvalue weighted by Crippen LogP contribution is -2.21. The summed E-state index contributed by atoms with van der Waals surface area (Å²) in [5.41, 5.74) is 7.01. The van der Waals surface area contributed by atoms with E-state index in [0.29, 0.717) is 22.0 Å². The average molecular weight is 514 g/mol. The summed E-state index contributed by atoms with van der Waals surface area (Å²) in [7, 11) is 0. The molecule has 0 aliphatic rings. The second-order valence-electron chi connectivity index (χ2n) is 8.91. The van der Waals surface area contributed by atoms with Crippen LogP contribution in [0.15, 0.2) is 71.1 Å². The zero-order valence-corrected chi connectivity index (χ0v) is 22.0. The summed E-state index contributed by atoms with van der Waals surface area (Å²) in [6.45, 7) is 10.2. The first-order valence-corrected chi connectivity index (χ1v) is 12.6. The molecule has 0 aliphatic heterocycles. The van der Waals surface area contributed by atoms with Gasteiger partial charge < -0.3 is 14.6 Å². The zero-order valence-electron chi connectivity index (χ0n) is 21.2. The summed E-state index contributed by atoms with van der Waals surface area (Å²) in [5, 5.41) is 13.0. The van der Waals surface area contributed by atoms with E-state index in [4.69, 9.17) is 26.2 Å². The highest BCUT2D eigenvalue weighted by Crippen LogP contribution is 2.27. The third-order valence-electron chi connectivity index (χ3n) is 6.46. The minimum Gasteiger partial charge on any atom is -0.451 e. The molecule has 0 spiro atoms. The van der Waals surface area contributed by atoms with E-state index < -0.39 is 0 Å². The molecule has 7 nitrogen and oxygen atoms in total.